The molecule has 1 aliphatic heterocycles. The number of methoxy groups -OCH3 is 3. The summed E-state index contributed by atoms with van der Waals surface area (Å²) >= 11 is 0. The fourth-order valence-electron chi connectivity index (χ4n) is 4.21. The van der Waals surface area contributed by atoms with Gasteiger partial charge >= 0.3 is 12.1 Å². The first kappa shape index (κ1) is 27.9. The minimum absolute atomic E-state index is 0.0749. The number of carbonyl (C=O) groups excluding carboxylic acids is 1. The molecule has 0 saturated carbocycles. The van der Waals surface area contributed by atoms with E-state index in [1.165, 1.54) is 4.90 Å². The topological polar surface area (TPSA) is 104 Å². The Kier molecular flexibility index (Phi) is 9.04. The van der Waals surface area contributed by atoms with Crippen LogP contribution in [0.5, 0.6) is 17.2 Å². The van der Waals surface area contributed by atoms with Gasteiger partial charge in [0.25, 0.3) is 0 Å². The lowest BCUT2D eigenvalue weighted by Gasteiger charge is -2.36. The molecule has 2 aromatic rings. The first-order valence-corrected chi connectivity index (χ1v) is 11.9. The molecular weight excluding hydrogens is 478 g/mol. The molecule has 9 nitrogen and oxygen atoms in total. The average Bonchev–Trinajstić information content (AvgIpc) is 2.86. The van der Waals surface area contributed by atoms with Gasteiger partial charge in [0.2, 0.25) is 0 Å². The van der Waals surface area contributed by atoms with Crippen LogP contribution in [0.2, 0.25) is 0 Å². The molecule has 1 N–H and O–H groups in total. The normalized spacial score (nSPS) is 15.8. The van der Waals surface area contributed by atoms with Crippen molar-refractivity contribution in [1.82, 2.24) is 4.90 Å². The number of nitrogens with zero attached hydrogens (tertiary/aromatic N) is 1. The van der Waals surface area contributed by atoms with Crippen LogP contribution in [-0.2, 0) is 20.9 Å². The highest BCUT2D eigenvalue weighted by atomic mass is 16.6. The Morgan fingerprint density at radius 1 is 1.00 bits per heavy atom. The van der Waals surface area contributed by atoms with E-state index < -0.39 is 17.7 Å². The van der Waals surface area contributed by atoms with Gasteiger partial charge in [-0.25, -0.2) is 9.59 Å². The van der Waals surface area contributed by atoms with Crippen molar-refractivity contribution >= 4 is 17.6 Å². The summed E-state index contributed by atoms with van der Waals surface area (Å²) in [5.41, 5.74) is 1.59. The molecule has 1 unspecified atom stereocenters. The molecule has 3 rings (SSSR count). The zero-order valence-corrected chi connectivity index (χ0v) is 22.2. The van der Waals surface area contributed by atoms with Crippen LogP contribution < -0.4 is 14.2 Å². The zero-order chi connectivity index (χ0) is 27.2. The number of aliphatic carboxylic acids is 1. The van der Waals surface area contributed by atoms with Crippen molar-refractivity contribution in [3.05, 3.63) is 59.2 Å². The third kappa shape index (κ3) is 7.39. The van der Waals surface area contributed by atoms with E-state index in [9.17, 15) is 14.7 Å². The second kappa shape index (κ2) is 12.0. The van der Waals surface area contributed by atoms with Crippen LogP contribution in [-0.4, -0.2) is 68.7 Å². The average molecular weight is 514 g/mol. The summed E-state index contributed by atoms with van der Waals surface area (Å²) in [6, 6.07) is 12.8. The molecule has 0 fully saturated rings. The second-order valence-corrected chi connectivity index (χ2v) is 9.75. The monoisotopic (exact) mass is 513 g/mol. The number of rotatable bonds is 9. The fourth-order valence-corrected chi connectivity index (χ4v) is 4.21. The van der Waals surface area contributed by atoms with E-state index in [4.69, 9.17) is 23.7 Å². The van der Waals surface area contributed by atoms with Crippen molar-refractivity contribution in [1.29, 1.82) is 0 Å². The second-order valence-electron chi connectivity index (χ2n) is 9.75. The van der Waals surface area contributed by atoms with Crippen LogP contribution in [0.25, 0.3) is 5.57 Å². The van der Waals surface area contributed by atoms with Crippen molar-refractivity contribution in [3.63, 3.8) is 0 Å². The molecule has 2 aromatic carbocycles. The van der Waals surface area contributed by atoms with Crippen LogP contribution >= 0.6 is 0 Å². The van der Waals surface area contributed by atoms with Crippen LogP contribution in [0.1, 0.15) is 31.9 Å². The minimum atomic E-state index is -1.10. The first-order valence-electron chi connectivity index (χ1n) is 11.9. The Morgan fingerprint density at radius 3 is 2.24 bits per heavy atom. The molecule has 1 amide bonds. The van der Waals surface area contributed by atoms with Gasteiger partial charge in [0, 0.05) is 25.6 Å². The predicted octanol–water partition coefficient (Wildman–Crippen LogP) is 4.63. The largest absolute Gasteiger partial charge is 0.497 e. The summed E-state index contributed by atoms with van der Waals surface area (Å²) < 4.78 is 27.6. The van der Waals surface area contributed by atoms with Crippen molar-refractivity contribution in [3.8, 4) is 17.2 Å². The van der Waals surface area contributed by atoms with E-state index >= 15 is 0 Å². The molecule has 1 atom stereocenters. The predicted molar refractivity (Wildman–Crippen MR) is 138 cm³/mol. The lowest BCUT2D eigenvalue weighted by atomic mass is 9.85. The maximum atomic E-state index is 12.7. The Balaban J connectivity index is 1.91. The third-order valence-corrected chi connectivity index (χ3v) is 5.76. The Hall–Kier alpha value is -3.72. The molecular formula is C28H35NO8. The van der Waals surface area contributed by atoms with Gasteiger partial charge in [-0.3, -0.25) is 0 Å². The maximum Gasteiger partial charge on any atom is 0.410 e. The zero-order valence-electron chi connectivity index (χ0n) is 22.2. The van der Waals surface area contributed by atoms with Gasteiger partial charge in [-0.1, -0.05) is 12.1 Å². The molecule has 1 heterocycles. The number of carbonyl (C=O) groups is 2. The maximum absolute atomic E-state index is 12.7. The molecule has 0 aromatic heterocycles. The molecule has 0 radical (unpaired) electrons. The van der Waals surface area contributed by atoms with E-state index in [0.29, 0.717) is 28.4 Å². The quantitative estimate of drug-likeness (QED) is 0.518. The molecule has 37 heavy (non-hydrogen) atoms. The SMILES string of the molecule is COCC1CN(C(=O)OC(C)(C)C)CC(C(=O)O)=C1c1cccc(OCc2cc(OC)cc(OC)c2)c1. The standard InChI is InChI=1S/C28H35NO8/c1-28(2,3)37-27(32)29-14-20(17-33-4)25(24(15-29)26(30)31)19-8-7-9-21(12-19)36-16-18-10-22(34-5)13-23(11-18)35-6/h7-13,20H,14-17H2,1-6H3,(H,30,31). The summed E-state index contributed by atoms with van der Waals surface area (Å²) in [6.07, 6.45) is -0.558. The van der Waals surface area contributed by atoms with E-state index in [-0.39, 0.29) is 37.8 Å². The van der Waals surface area contributed by atoms with Gasteiger partial charge in [0.05, 0.1) is 32.9 Å². The minimum Gasteiger partial charge on any atom is -0.497 e. The number of carboxylic acid groups (broad SMARTS) is 1. The fraction of sp³-hybridized carbons (Fsp3) is 0.429. The Labute approximate surface area is 217 Å². The lowest BCUT2D eigenvalue weighted by molar-refractivity contribution is -0.133. The Bertz CT molecular complexity index is 1130. The van der Waals surface area contributed by atoms with E-state index in [1.54, 1.807) is 48.2 Å². The van der Waals surface area contributed by atoms with Crippen LogP contribution in [0, 0.1) is 5.92 Å². The number of hydrogen-bond acceptors (Lipinski definition) is 7. The summed E-state index contributed by atoms with van der Waals surface area (Å²) in [6.45, 7) is 6.00. The van der Waals surface area contributed by atoms with Gasteiger partial charge in [0.15, 0.2) is 0 Å². The van der Waals surface area contributed by atoms with Crippen LogP contribution in [0.3, 0.4) is 0 Å². The number of benzene rings is 2. The number of amides is 1. The highest BCUT2D eigenvalue weighted by molar-refractivity contribution is 5.98. The molecule has 1 aliphatic rings. The highest BCUT2D eigenvalue weighted by Crippen LogP contribution is 2.35. The summed E-state index contributed by atoms with van der Waals surface area (Å²) in [4.78, 5) is 26.5. The van der Waals surface area contributed by atoms with Gasteiger partial charge in [0.1, 0.15) is 29.5 Å². The molecule has 0 bridgehead atoms. The van der Waals surface area contributed by atoms with Gasteiger partial charge in [-0.05, 0) is 61.7 Å². The summed E-state index contributed by atoms with van der Waals surface area (Å²) in [7, 11) is 4.72. The lowest BCUT2D eigenvalue weighted by Crippen LogP contribution is -2.45. The highest BCUT2D eigenvalue weighted by Gasteiger charge is 2.35. The molecule has 9 heteroatoms. The van der Waals surface area contributed by atoms with Crippen LogP contribution in [0.15, 0.2) is 48.0 Å². The van der Waals surface area contributed by atoms with Crippen LogP contribution in [0.4, 0.5) is 4.79 Å². The Morgan fingerprint density at radius 2 is 1.68 bits per heavy atom. The van der Waals surface area contributed by atoms with Gasteiger partial charge in [-0.15, -0.1) is 0 Å². The smallest absolute Gasteiger partial charge is 0.410 e. The number of hydrogen-bond donors (Lipinski definition) is 1. The van der Waals surface area contributed by atoms with Crippen molar-refractivity contribution in [2.45, 2.75) is 33.0 Å². The third-order valence-electron chi connectivity index (χ3n) is 5.76. The molecule has 0 saturated heterocycles. The van der Waals surface area contributed by atoms with Crippen molar-refractivity contribution in [2.75, 3.05) is 41.0 Å². The summed E-state index contributed by atoms with van der Waals surface area (Å²) in [5, 5.41) is 10.1. The molecule has 0 aliphatic carbocycles. The number of ether oxygens (including phenoxy) is 5. The van der Waals surface area contributed by atoms with E-state index in [1.807, 2.05) is 36.4 Å². The van der Waals surface area contributed by atoms with E-state index in [0.717, 1.165) is 5.56 Å². The van der Waals surface area contributed by atoms with E-state index in [2.05, 4.69) is 0 Å². The van der Waals surface area contributed by atoms with Gasteiger partial charge < -0.3 is 33.7 Å². The van der Waals surface area contributed by atoms with Gasteiger partial charge in [-0.2, -0.15) is 0 Å². The first-order chi connectivity index (χ1) is 17.5. The molecule has 200 valence electrons. The summed E-state index contributed by atoms with van der Waals surface area (Å²) in [5.74, 6) is 0.418. The number of carboxylic acids is 1. The molecule has 0 spiro atoms. The van der Waals surface area contributed by atoms with Crippen molar-refractivity contribution < 1.29 is 38.4 Å². The van der Waals surface area contributed by atoms with Crippen molar-refractivity contribution in [2.24, 2.45) is 5.92 Å².